The normalized spacial score (nSPS) is 12.0. The number of hydrogen-bond donors (Lipinski definition) is 0. The number of rotatable bonds is 10. The van der Waals surface area contributed by atoms with E-state index in [2.05, 4.69) is 6.92 Å². The molecule has 1 amide bonds. The van der Waals surface area contributed by atoms with Crippen LogP contribution < -0.4 is 4.74 Å². The fourth-order valence-corrected chi connectivity index (χ4v) is 2.34. The minimum Gasteiger partial charge on any atom is -0.494 e. The molecule has 0 saturated carbocycles. The predicted molar refractivity (Wildman–Crippen MR) is 99.3 cm³/mol. The number of amides is 1. The van der Waals surface area contributed by atoms with Gasteiger partial charge in [-0.2, -0.15) is 0 Å². The highest BCUT2D eigenvalue weighted by atomic mass is 16.5. The van der Waals surface area contributed by atoms with Crippen molar-refractivity contribution in [3.05, 3.63) is 35.9 Å². The van der Waals surface area contributed by atoms with Crippen molar-refractivity contribution in [3.8, 4) is 5.75 Å². The molecule has 0 spiro atoms. The van der Waals surface area contributed by atoms with E-state index in [4.69, 9.17) is 9.47 Å². The van der Waals surface area contributed by atoms with E-state index in [1.807, 2.05) is 31.2 Å². The van der Waals surface area contributed by atoms with Gasteiger partial charge in [-0.3, -0.25) is 9.59 Å². The van der Waals surface area contributed by atoms with Gasteiger partial charge in [-0.25, -0.2) is 0 Å². The summed E-state index contributed by atoms with van der Waals surface area (Å²) in [6, 6.07) is 7.61. The monoisotopic (exact) mass is 347 g/mol. The number of ether oxygens (including phenoxy) is 2. The van der Waals surface area contributed by atoms with Crippen molar-refractivity contribution in [1.82, 2.24) is 4.90 Å². The van der Waals surface area contributed by atoms with Crippen molar-refractivity contribution in [3.63, 3.8) is 0 Å². The molecule has 1 aromatic rings. The molecular formula is C20H29NO4. The first-order valence-corrected chi connectivity index (χ1v) is 8.79. The van der Waals surface area contributed by atoms with Gasteiger partial charge in [-0.1, -0.05) is 32.9 Å². The first-order chi connectivity index (χ1) is 12.0. The minimum absolute atomic E-state index is 0.107. The number of methoxy groups -OCH3 is 1. The number of carbonyl (C=O) groups is 2. The zero-order chi connectivity index (χ0) is 18.7. The van der Waals surface area contributed by atoms with Gasteiger partial charge in [0.2, 0.25) is 5.91 Å². The minimum atomic E-state index is -0.344. The lowest BCUT2D eigenvalue weighted by atomic mass is 10.1. The van der Waals surface area contributed by atoms with E-state index in [-0.39, 0.29) is 17.8 Å². The molecule has 1 rings (SSSR count). The second kappa shape index (κ2) is 11.3. The summed E-state index contributed by atoms with van der Waals surface area (Å²) in [7, 11) is 1.36. The van der Waals surface area contributed by atoms with Gasteiger partial charge in [0.15, 0.2) is 0 Å². The average molecular weight is 347 g/mol. The van der Waals surface area contributed by atoms with Gasteiger partial charge in [0.25, 0.3) is 0 Å². The van der Waals surface area contributed by atoms with Gasteiger partial charge in [-0.15, -0.1) is 0 Å². The Morgan fingerprint density at radius 1 is 1.16 bits per heavy atom. The van der Waals surface area contributed by atoms with E-state index in [0.717, 1.165) is 24.2 Å². The molecule has 138 valence electrons. The van der Waals surface area contributed by atoms with Gasteiger partial charge in [0, 0.05) is 19.2 Å². The van der Waals surface area contributed by atoms with Gasteiger partial charge in [-0.05, 0) is 36.6 Å². The van der Waals surface area contributed by atoms with Crippen LogP contribution in [0.2, 0.25) is 0 Å². The van der Waals surface area contributed by atoms with Crippen LogP contribution in [0.5, 0.6) is 5.75 Å². The molecular weight excluding hydrogens is 318 g/mol. The van der Waals surface area contributed by atoms with Crippen LogP contribution in [0.25, 0.3) is 6.08 Å². The smallest absolute Gasteiger partial charge is 0.310 e. The van der Waals surface area contributed by atoms with Gasteiger partial charge >= 0.3 is 5.97 Å². The highest BCUT2D eigenvalue weighted by Gasteiger charge is 2.19. The van der Waals surface area contributed by atoms with Gasteiger partial charge < -0.3 is 14.4 Å². The number of hydrogen-bond acceptors (Lipinski definition) is 4. The Bertz CT molecular complexity index is 566. The summed E-state index contributed by atoms with van der Waals surface area (Å²) < 4.78 is 10.3. The molecule has 1 atom stereocenters. The molecule has 0 aliphatic heterocycles. The van der Waals surface area contributed by atoms with Crippen LogP contribution in [-0.2, 0) is 14.3 Å². The Labute approximate surface area is 150 Å². The van der Waals surface area contributed by atoms with Crippen LogP contribution in [0.3, 0.4) is 0 Å². The fourth-order valence-electron chi connectivity index (χ4n) is 2.34. The number of esters is 1. The summed E-state index contributed by atoms with van der Waals surface area (Å²) in [4.78, 5) is 25.7. The maximum Gasteiger partial charge on any atom is 0.310 e. The Hall–Kier alpha value is -2.30. The largest absolute Gasteiger partial charge is 0.494 e. The Morgan fingerprint density at radius 2 is 1.84 bits per heavy atom. The van der Waals surface area contributed by atoms with Crippen LogP contribution in [0.4, 0.5) is 0 Å². The first-order valence-electron chi connectivity index (χ1n) is 8.79. The van der Waals surface area contributed by atoms with Crippen molar-refractivity contribution in [2.75, 3.05) is 26.8 Å². The number of nitrogens with zero attached hydrogens (tertiary/aromatic N) is 1. The van der Waals surface area contributed by atoms with Crippen LogP contribution >= 0.6 is 0 Å². The summed E-state index contributed by atoms with van der Waals surface area (Å²) in [6.07, 6.45) is 5.11. The molecule has 25 heavy (non-hydrogen) atoms. The number of carbonyl (C=O) groups excluding carboxylic acids is 2. The summed E-state index contributed by atoms with van der Waals surface area (Å²) >= 11 is 0. The summed E-state index contributed by atoms with van der Waals surface area (Å²) in [5, 5.41) is 0. The predicted octanol–water partition coefficient (Wildman–Crippen LogP) is 3.54. The second-order valence-corrected chi connectivity index (χ2v) is 5.96. The molecule has 0 aliphatic carbocycles. The van der Waals surface area contributed by atoms with Crippen LogP contribution in [0.15, 0.2) is 30.3 Å². The third kappa shape index (κ3) is 7.42. The molecule has 0 bridgehead atoms. The average Bonchev–Trinajstić information content (AvgIpc) is 2.64. The van der Waals surface area contributed by atoms with Crippen molar-refractivity contribution >= 4 is 18.0 Å². The van der Waals surface area contributed by atoms with E-state index in [9.17, 15) is 9.59 Å². The van der Waals surface area contributed by atoms with Crippen LogP contribution in [0.1, 0.15) is 39.2 Å². The highest BCUT2D eigenvalue weighted by molar-refractivity contribution is 5.92. The Morgan fingerprint density at radius 3 is 2.40 bits per heavy atom. The summed E-state index contributed by atoms with van der Waals surface area (Å²) in [6.45, 7) is 7.48. The van der Waals surface area contributed by atoms with Crippen molar-refractivity contribution in [1.29, 1.82) is 0 Å². The quantitative estimate of drug-likeness (QED) is 0.480. The molecule has 5 nitrogen and oxygen atoms in total. The van der Waals surface area contributed by atoms with E-state index >= 15 is 0 Å². The number of benzene rings is 1. The molecule has 0 aliphatic rings. The standard InChI is InChI=1S/C20H29NO4/c1-5-13-21(15-16(3)20(23)24-4)19(22)12-9-17-7-10-18(11-8-17)25-14-6-2/h7-12,16H,5-6,13-15H2,1-4H3/b12-9+. The van der Waals surface area contributed by atoms with E-state index in [0.29, 0.717) is 19.7 Å². The lowest BCUT2D eigenvalue weighted by Crippen LogP contribution is -2.36. The molecule has 0 radical (unpaired) electrons. The van der Waals surface area contributed by atoms with Crippen molar-refractivity contribution < 1.29 is 19.1 Å². The molecule has 0 fully saturated rings. The SMILES string of the molecule is CCCOc1ccc(/C=C/C(=O)N(CCC)CC(C)C(=O)OC)cc1. The van der Waals surface area contributed by atoms with Crippen LogP contribution in [0, 0.1) is 5.92 Å². The Balaban J connectivity index is 2.68. The lowest BCUT2D eigenvalue weighted by Gasteiger charge is -2.23. The third-order valence-electron chi connectivity index (χ3n) is 3.67. The van der Waals surface area contributed by atoms with Crippen molar-refractivity contribution in [2.45, 2.75) is 33.6 Å². The lowest BCUT2D eigenvalue weighted by molar-refractivity contribution is -0.146. The van der Waals surface area contributed by atoms with Gasteiger partial charge in [0.1, 0.15) is 5.75 Å². The van der Waals surface area contributed by atoms with E-state index in [1.165, 1.54) is 7.11 Å². The molecule has 1 unspecified atom stereocenters. The van der Waals surface area contributed by atoms with E-state index < -0.39 is 0 Å². The highest BCUT2D eigenvalue weighted by Crippen LogP contribution is 2.14. The Kier molecular flexibility index (Phi) is 9.37. The fraction of sp³-hybridized carbons (Fsp3) is 0.500. The molecule has 5 heteroatoms. The third-order valence-corrected chi connectivity index (χ3v) is 3.67. The zero-order valence-corrected chi connectivity index (χ0v) is 15.7. The summed E-state index contributed by atoms with van der Waals surface area (Å²) in [5.74, 6) is 0.0678. The molecule has 0 aromatic heterocycles. The molecule has 1 aromatic carbocycles. The maximum absolute atomic E-state index is 12.4. The molecule has 0 N–H and O–H groups in total. The van der Waals surface area contributed by atoms with Crippen molar-refractivity contribution in [2.24, 2.45) is 5.92 Å². The zero-order valence-electron chi connectivity index (χ0n) is 15.7. The van der Waals surface area contributed by atoms with E-state index in [1.54, 1.807) is 24.0 Å². The first kappa shape index (κ1) is 20.7. The van der Waals surface area contributed by atoms with Gasteiger partial charge in [0.05, 0.1) is 19.6 Å². The molecule has 0 heterocycles. The maximum atomic E-state index is 12.4. The van der Waals surface area contributed by atoms with Crippen LogP contribution in [-0.4, -0.2) is 43.6 Å². The summed E-state index contributed by atoms with van der Waals surface area (Å²) in [5.41, 5.74) is 0.926. The topological polar surface area (TPSA) is 55.8 Å². The molecule has 0 saturated heterocycles. The second-order valence-electron chi connectivity index (χ2n) is 5.96.